The van der Waals surface area contributed by atoms with Crippen molar-refractivity contribution in [2.24, 2.45) is 11.8 Å². The molecule has 3 aliphatic heterocycles. The van der Waals surface area contributed by atoms with Crippen molar-refractivity contribution in [3.8, 4) is 12.3 Å². The van der Waals surface area contributed by atoms with Gasteiger partial charge in [0, 0.05) is 25.7 Å². The van der Waals surface area contributed by atoms with E-state index in [2.05, 4.69) is 27.5 Å². The molecule has 0 amide bonds. The van der Waals surface area contributed by atoms with Crippen molar-refractivity contribution in [1.82, 2.24) is 14.5 Å². The summed E-state index contributed by atoms with van der Waals surface area (Å²) < 4.78 is 27.6. The van der Waals surface area contributed by atoms with Gasteiger partial charge in [-0.1, -0.05) is 24.1 Å². The lowest BCUT2D eigenvalue weighted by Crippen LogP contribution is -2.58. The van der Waals surface area contributed by atoms with E-state index < -0.39 is 10.0 Å². The molecule has 3 heterocycles. The van der Waals surface area contributed by atoms with Gasteiger partial charge in [-0.15, -0.1) is 6.42 Å². The van der Waals surface area contributed by atoms with Crippen LogP contribution < -0.4 is 4.72 Å². The minimum Gasteiger partial charge on any atom is -0.299 e. The van der Waals surface area contributed by atoms with Crippen LogP contribution in [0.2, 0.25) is 0 Å². The number of nitrogens with zero attached hydrogens (tertiary/aromatic N) is 2. The van der Waals surface area contributed by atoms with Crippen LogP contribution in [0.5, 0.6) is 0 Å². The summed E-state index contributed by atoms with van der Waals surface area (Å²) in [5.74, 6) is 3.99. The molecular weight excluding hydrogens is 334 g/mol. The lowest BCUT2D eigenvalue weighted by atomic mass is 9.75. The second-order valence-corrected chi connectivity index (χ2v) is 9.03. The van der Waals surface area contributed by atoms with Gasteiger partial charge < -0.3 is 0 Å². The maximum Gasteiger partial charge on any atom is 0.240 e. The zero-order valence-electron chi connectivity index (χ0n) is 14.8. The third-order valence-corrected chi connectivity index (χ3v) is 6.92. The monoisotopic (exact) mass is 361 g/mol. The molecule has 6 heteroatoms. The number of piperidine rings is 3. The summed E-state index contributed by atoms with van der Waals surface area (Å²) in [5.41, 5.74) is 0. The summed E-state index contributed by atoms with van der Waals surface area (Å²) in [6.45, 7) is 4.30. The van der Waals surface area contributed by atoms with Gasteiger partial charge in [-0.3, -0.25) is 9.80 Å². The quantitative estimate of drug-likeness (QED) is 0.743. The zero-order chi connectivity index (χ0) is 17.9. The molecule has 5 nitrogen and oxygen atoms in total. The molecule has 0 aliphatic carbocycles. The Hall–Kier alpha value is -1.39. The topological polar surface area (TPSA) is 52.6 Å². The molecule has 3 fully saturated rings. The number of nitrogens with one attached hydrogen (secondary N) is 1. The summed E-state index contributed by atoms with van der Waals surface area (Å²) in [6, 6.07) is 8.88. The predicted molar refractivity (Wildman–Crippen MR) is 99.5 cm³/mol. The third-order valence-electron chi connectivity index (χ3n) is 5.48. The molecule has 2 bridgehead atoms. The molecule has 3 aliphatic rings. The first-order valence-electron chi connectivity index (χ1n) is 8.90. The van der Waals surface area contributed by atoms with Crippen LogP contribution in [0, 0.1) is 24.2 Å². The Morgan fingerprint density at radius 2 is 2.12 bits per heavy atom. The van der Waals surface area contributed by atoms with Crippen LogP contribution >= 0.6 is 0 Å². The molecule has 4 rings (SSSR count). The fraction of sp³-hybridized carbons (Fsp3) is 0.579. The highest BCUT2D eigenvalue weighted by Gasteiger charge is 2.40. The molecule has 1 aromatic rings. The fourth-order valence-corrected chi connectivity index (χ4v) is 5.27. The predicted octanol–water partition coefficient (Wildman–Crippen LogP) is 1.24. The Kier molecular flexibility index (Phi) is 5.80. The first kappa shape index (κ1) is 18.4. The summed E-state index contributed by atoms with van der Waals surface area (Å²) in [6.07, 6.45) is 7.66. The molecule has 4 atom stereocenters. The second-order valence-electron chi connectivity index (χ2n) is 7.26. The Labute approximate surface area is 151 Å². The van der Waals surface area contributed by atoms with Crippen molar-refractivity contribution < 1.29 is 8.42 Å². The van der Waals surface area contributed by atoms with E-state index in [1.165, 1.54) is 6.42 Å². The highest BCUT2D eigenvalue weighted by atomic mass is 32.2. The van der Waals surface area contributed by atoms with Gasteiger partial charge in [0.15, 0.2) is 0 Å². The average molecular weight is 362 g/mol. The zero-order valence-corrected chi connectivity index (χ0v) is 15.6. The van der Waals surface area contributed by atoms with Crippen LogP contribution in [0.3, 0.4) is 0 Å². The van der Waals surface area contributed by atoms with Gasteiger partial charge in [0.2, 0.25) is 10.0 Å². The summed E-state index contributed by atoms with van der Waals surface area (Å²) >= 11 is 0. The third kappa shape index (κ3) is 4.42. The van der Waals surface area contributed by atoms with Gasteiger partial charge in [0.1, 0.15) is 0 Å². The van der Waals surface area contributed by atoms with Gasteiger partial charge in [0.05, 0.1) is 11.4 Å². The standard InChI is InChI=1S/C19H27N3O2S/c1-3-10-21(2)14-17-15-22-11-9-16(17)12-18(22)13-20-25(23,24)19-7-5-4-6-8-19/h1,4-8,16-18,20H,9-15H2,2H3/t16-,17+,18+/m0/s1. The van der Waals surface area contributed by atoms with Gasteiger partial charge in [-0.2, -0.15) is 0 Å². The van der Waals surface area contributed by atoms with Crippen molar-refractivity contribution in [2.45, 2.75) is 23.8 Å². The molecule has 1 N–H and O–H groups in total. The largest absolute Gasteiger partial charge is 0.299 e. The van der Waals surface area contributed by atoms with Crippen molar-refractivity contribution in [3.05, 3.63) is 30.3 Å². The lowest BCUT2D eigenvalue weighted by molar-refractivity contribution is -0.00623. The van der Waals surface area contributed by atoms with Gasteiger partial charge >= 0.3 is 0 Å². The number of terminal acetylenes is 1. The first-order chi connectivity index (χ1) is 12.0. The van der Waals surface area contributed by atoms with Crippen molar-refractivity contribution >= 4 is 10.0 Å². The van der Waals surface area contributed by atoms with Crippen LogP contribution in [0.4, 0.5) is 0 Å². The number of rotatable bonds is 7. The molecule has 0 spiro atoms. The highest BCUT2D eigenvalue weighted by Crippen LogP contribution is 2.36. The van der Waals surface area contributed by atoms with E-state index in [9.17, 15) is 8.42 Å². The van der Waals surface area contributed by atoms with Gasteiger partial charge in [-0.25, -0.2) is 13.1 Å². The van der Waals surface area contributed by atoms with Crippen LogP contribution in [0.1, 0.15) is 12.8 Å². The molecule has 1 unspecified atom stereocenters. The smallest absolute Gasteiger partial charge is 0.240 e. The minimum absolute atomic E-state index is 0.298. The molecule has 136 valence electrons. The van der Waals surface area contributed by atoms with E-state index in [1.807, 2.05) is 6.07 Å². The van der Waals surface area contributed by atoms with Crippen LogP contribution in [-0.4, -0.2) is 64.0 Å². The van der Waals surface area contributed by atoms with Crippen molar-refractivity contribution in [2.75, 3.05) is 39.8 Å². The van der Waals surface area contributed by atoms with Crippen molar-refractivity contribution in [3.63, 3.8) is 0 Å². The van der Waals surface area contributed by atoms with E-state index in [4.69, 9.17) is 6.42 Å². The fourth-order valence-electron chi connectivity index (χ4n) is 4.18. The number of fused-ring (bicyclic) bond motifs is 3. The normalized spacial score (nSPS) is 28.8. The number of sulfonamides is 1. The molecule has 1 aromatic carbocycles. The van der Waals surface area contributed by atoms with Crippen molar-refractivity contribution in [1.29, 1.82) is 0 Å². The van der Waals surface area contributed by atoms with E-state index >= 15 is 0 Å². The van der Waals surface area contributed by atoms with Crippen LogP contribution in [0.15, 0.2) is 35.2 Å². The Morgan fingerprint density at radius 1 is 1.36 bits per heavy atom. The van der Waals surface area contributed by atoms with E-state index in [1.54, 1.807) is 24.3 Å². The maximum atomic E-state index is 12.4. The van der Waals surface area contributed by atoms with Crippen LogP contribution in [0.25, 0.3) is 0 Å². The number of hydrogen-bond acceptors (Lipinski definition) is 4. The Bertz CT molecular complexity index is 714. The summed E-state index contributed by atoms with van der Waals surface area (Å²) in [4.78, 5) is 4.99. The summed E-state index contributed by atoms with van der Waals surface area (Å²) in [5, 5.41) is 0. The van der Waals surface area contributed by atoms with E-state index in [0.29, 0.717) is 35.9 Å². The Balaban J connectivity index is 1.55. The molecule has 25 heavy (non-hydrogen) atoms. The average Bonchev–Trinajstić information content (AvgIpc) is 2.62. The molecule has 0 radical (unpaired) electrons. The van der Waals surface area contributed by atoms with Crippen LogP contribution in [-0.2, 0) is 10.0 Å². The second kappa shape index (κ2) is 7.88. The summed E-state index contributed by atoms with van der Waals surface area (Å²) in [7, 11) is -1.35. The van der Waals surface area contributed by atoms with Gasteiger partial charge in [0.25, 0.3) is 0 Å². The lowest BCUT2D eigenvalue weighted by Gasteiger charge is -2.50. The molecule has 3 saturated heterocycles. The number of benzene rings is 1. The van der Waals surface area contributed by atoms with E-state index in [0.717, 1.165) is 26.1 Å². The SMILES string of the molecule is C#CCN(C)C[C@@H]1CN2CC[C@H]1C[C@@H]2CNS(=O)(=O)c1ccccc1. The van der Waals surface area contributed by atoms with E-state index in [-0.39, 0.29) is 0 Å². The molecule has 0 aromatic heterocycles. The van der Waals surface area contributed by atoms with Gasteiger partial charge in [-0.05, 0) is 50.4 Å². The highest BCUT2D eigenvalue weighted by molar-refractivity contribution is 7.89. The molecule has 0 saturated carbocycles. The maximum absolute atomic E-state index is 12.4. The molecular formula is C19H27N3O2S. The Morgan fingerprint density at radius 3 is 2.76 bits per heavy atom. The minimum atomic E-state index is -3.42. The first-order valence-corrected chi connectivity index (χ1v) is 10.4. The number of hydrogen-bond donors (Lipinski definition) is 1.